The van der Waals surface area contributed by atoms with Crippen molar-refractivity contribution in [2.45, 2.75) is 13.5 Å². The smallest absolute Gasteiger partial charge is 0.226 e. The molecule has 0 spiro atoms. The minimum atomic E-state index is 0. The molecule has 1 N–H and O–H groups in total. The van der Waals surface area contributed by atoms with Gasteiger partial charge in [0.05, 0.1) is 0 Å². The number of hydrogen-bond donors (Lipinski definition) is 1. The van der Waals surface area contributed by atoms with Crippen LogP contribution in [0.1, 0.15) is 12.5 Å². The molecule has 1 saturated heterocycles. The lowest BCUT2D eigenvalue weighted by atomic mass is 10.1. The summed E-state index contributed by atoms with van der Waals surface area (Å²) in [5.74, 6) is 0.307. The standard InChI is InChI=1S/C16H24ClN3O.2ClH/c1-13(11-18-2)16(21)20-8-6-19(7-9-20)12-14-4-3-5-15(17)10-14;;/h3-5,10,13,18H,6-9,11-12H2,1-2H3;2*1H. The van der Waals surface area contributed by atoms with Gasteiger partial charge in [0.2, 0.25) is 5.91 Å². The van der Waals surface area contributed by atoms with E-state index in [1.165, 1.54) is 5.56 Å². The van der Waals surface area contributed by atoms with Gasteiger partial charge in [-0.05, 0) is 24.7 Å². The number of halogens is 3. The zero-order chi connectivity index (χ0) is 15.2. The van der Waals surface area contributed by atoms with Crippen molar-refractivity contribution in [3.8, 4) is 0 Å². The molecule has 132 valence electrons. The summed E-state index contributed by atoms with van der Waals surface area (Å²) in [5.41, 5.74) is 1.23. The number of nitrogens with zero attached hydrogens (tertiary/aromatic N) is 2. The van der Waals surface area contributed by atoms with Crippen LogP contribution in [0.4, 0.5) is 0 Å². The average Bonchev–Trinajstić information content (AvgIpc) is 2.47. The Kier molecular flexibility index (Phi) is 10.9. The summed E-state index contributed by atoms with van der Waals surface area (Å²) in [7, 11) is 1.88. The van der Waals surface area contributed by atoms with Crippen molar-refractivity contribution in [3.63, 3.8) is 0 Å². The van der Waals surface area contributed by atoms with E-state index in [1.54, 1.807) is 0 Å². The third-order valence-corrected chi connectivity index (χ3v) is 4.15. The van der Waals surface area contributed by atoms with Gasteiger partial charge in [0.1, 0.15) is 0 Å². The van der Waals surface area contributed by atoms with Gasteiger partial charge in [-0.2, -0.15) is 0 Å². The van der Waals surface area contributed by atoms with Crippen LogP contribution in [0, 0.1) is 5.92 Å². The maximum atomic E-state index is 12.2. The van der Waals surface area contributed by atoms with E-state index in [0.29, 0.717) is 0 Å². The minimum absolute atomic E-state index is 0. The fourth-order valence-electron chi connectivity index (χ4n) is 2.73. The Balaban J connectivity index is 0.00000242. The first kappa shape index (κ1) is 22.5. The number of benzene rings is 1. The SMILES string of the molecule is CNCC(C)C(=O)N1CCN(Cc2cccc(Cl)c2)CC1.Cl.Cl. The number of hydrogen-bond acceptors (Lipinski definition) is 3. The molecule has 7 heteroatoms. The van der Waals surface area contributed by atoms with Gasteiger partial charge in [-0.1, -0.05) is 30.7 Å². The Hall–Kier alpha value is -0.520. The number of rotatable bonds is 5. The first-order valence-electron chi connectivity index (χ1n) is 7.50. The highest BCUT2D eigenvalue weighted by Gasteiger charge is 2.24. The van der Waals surface area contributed by atoms with Crippen molar-refractivity contribution in [2.75, 3.05) is 39.8 Å². The summed E-state index contributed by atoms with van der Waals surface area (Å²) >= 11 is 6.01. The van der Waals surface area contributed by atoms with Gasteiger partial charge >= 0.3 is 0 Å². The fourth-order valence-corrected chi connectivity index (χ4v) is 2.94. The Morgan fingerprint density at radius 3 is 2.48 bits per heavy atom. The molecule has 0 aromatic heterocycles. The molecule has 1 atom stereocenters. The van der Waals surface area contributed by atoms with Crippen LogP contribution in [0.2, 0.25) is 5.02 Å². The molecule has 1 fully saturated rings. The zero-order valence-electron chi connectivity index (χ0n) is 13.6. The molecule has 0 radical (unpaired) electrons. The van der Waals surface area contributed by atoms with Gasteiger partial charge < -0.3 is 10.2 Å². The highest BCUT2D eigenvalue weighted by molar-refractivity contribution is 6.30. The molecule has 0 saturated carbocycles. The maximum Gasteiger partial charge on any atom is 0.226 e. The van der Waals surface area contributed by atoms with Crippen LogP contribution < -0.4 is 5.32 Å². The van der Waals surface area contributed by atoms with E-state index in [4.69, 9.17) is 11.6 Å². The normalized spacial score (nSPS) is 16.2. The number of amides is 1. The molecule has 1 amide bonds. The molecule has 0 aliphatic carbocycles. The van der Waals surface area contributed by atoms with Gasteiger partial charge in [-0.25, -0.2) is 0 Å². The van der Waals surface area contributed by atoms with Crippen LogP contribution in [-0.2, 0) is 11.3 Å². The average molecular weight is 383 g/mol. The van der Waals surface area contributed by atoms with Crippen molar-refractivity contribution >= 4 is 42.3 Å². The Labute approximate surface area is 156 Å². The second-order valence-electron chi connectivity index (χ2n) is 5.69. The third kappa shape index (κ3) is 6.86. The quantitative estimate of drug-likeness (QED) is 0.850. The minimum Gasteiger partial charge on any atom is -0.340 e. The van der Waals surface area contributed by atoms with Crippen molar-refractivity contribution in [2.24, 2.45) is 5.92 Å². The summed E-state index contributed by atoms with van der Waals surface area (Å²) < 4.78 is 0. The maximum absolute atomic E-state index is 12.2. The van der Waals surface area contributed by atoms with Crippen LogP contribution in [0.15, 0.2) is 24.3 Å². The second kappa shape index (κ2) is 11.1. The topological polar surface area (TPSA) is 35.6 Å². The third-order valence-electron chi connectivity index (χ3n) is 3.91. The molecular formula is C16H26Cl3N3O. The van der Waals surface area contributed by atoms with Crippen molar-refractivity contribution in [3.05, 3.63) is 34.9 Å². The zero-order valence-corrected chi connectivity index (χ0v) is 16.0. The largest absolute Gasteiger partial charge is 0.340 e. The summed E-state index contributed by atoms with van der Waals surface area (Å²) in [5, 5.41) is 3.84. The van der Waals surface area contributed by atoms with Crippen molar-refractivity contribution in [1.82, 2.24) is 15.1 Å². The first-order chi connectivity index (χ1) is 10.1. The summed E-state index contributed by atoms with van der Waals surface area (Å²) in [6.07, 6.45) is 0. The lowest BCUT2D eigenvalue weighted by Gasteiger charge is -2.36. The van der Waals surface area contributed by atoms with E-state index in [2.05, 4.69) is 16.3 Å². The lowest BCUT2D eigenvalue weighted by Crippen LogP contribution is -2.50. The van der Waals surface area contributed by atoms with Gasteiger partial charge in [-0.3, -0.25) is 9.69 Å². The molecular weight excluding hydrogens is 357 g/mol. The molecule has 1 aromatic rings. The van der Waals surface area contributed by atoms with E-state index >= 15 is 0 Å². The van der Waals surface area contributed by atoms with E-state index in [-0.39, 0.29) is 36.6 Å². The number of piperazine rings is 1. The van der Waals surface area contributed by atoms with Gasteiger partial charge in [0.25, 0.3) is 0 Å². The molecule has 1 aliphatic rings. The lowest BCUT2D eigenvalue weighted by molar-refractivity contribution is -0.136. The summed E-state index contributed by atoms with van der Waals surface area (Å²) in [4.78, 5) is 16.6. The van der Waals surface area contributed by atoms with Crippen LogP contribution in [-0.4, -0.2) is 55.5 Å². The summed E-state index contributed by atoms with van der Waals surface area (Å²) in [6, 6.07) is 7.98. The van der Waals surface area contributed by atoms with Gasteiger partial charge in [0.15, 0.2) is 0 Å². The highest BCUT2D eigenvalue weighted by Crippen LogP contribution is 2.14. The molecule has 1 heterocycles. The van der Waals surface area contributed by atoms with Crippen molar-refractivity contribution in [1.29, 1.82) is 0 Å². The van der Waals surface area contributed by atoms with E-state index in [9.17, 15) is 4.79 Å². The molecule has 2 rings (SSSR count). The fraction of sp³-hybridized carbons (Fsp3) is 0.562. The van der Waals surface area contributed by atoms with Gasteiger partial charge in [0, 0.05) is 50.2 Å². The number of carbonyl (C=O) groups is 1. The molecule has 1 unspecified atom stereocenters. The molecule has 0 bridgehead atoms. The Bertz CT molecular complexity index is 479. The van der Waals surface area contributed by atoms with E-state index < -0.39 is 0 Å². The molecule has 1 aromatic carbocycles. The molecule has 4 nitrogen and oxygen atoms in total. The Morgan fingerprint density at radius 1 is 1.26 bits per heavy atom. The highest BCUT2D eigenvalue weighted by atomic mass is 35.5. The van der Waals surface area contributed by atoms with E-state index in [0.717, 1.165) is 44.3 Å². The predicted octanol–water partition coefficient (Wildman–Crippen LogP) is 2.68. The first-order valence-corrected chi connectivity index (χ1v) is 7.88. The monoisotopic (exact) mass is 381 g/mol. The molecule has 23 heavy (non-hydrogen) atoms. The number of nitrogens with one attached hydrogen (secondary N) is 1. The molecule has 1 aliphatic heterocycles. The second-order valence-corrected chi connectivity index (χ2v) is 6.13. The van der Waals surface area contributed by atoms with Crippen LogP contribution in [0.25, 0.3) is 0 Å². The Morgan fingerprint density at radius 2 is 1.91 bits per heavy atom. The number of carbonyl (C=O) groups excluding carboxylic acids is 1. The van der Waals surface area contributed by atoms with Gasteiger partial charge in [-0.15, -0.1) is 24.8 Å². The van der Waals surface area contributed by atoms with Crippen LogP contribution in [0.3, 0.4) is 0 Å². The van der Waals surface area contributed by atoms with E-state index in [1.807, 2.05) is 37.1 Å². The van der Waals surface area contributed by atoms with Crippen molar-refractivity contribution < 1.29 is 4.79 Å². The summed E-state index contributed by atoms with van der Waals surface area (Å²) in [6.45, 7) is 7.09. The van der Waals surface area contributed by atoms with Crippen LogP contribution >= 0.6 is 36.4 Å². The van der Waals surface area contributed by atoms with Crippen LogP contribution in [0.5, 0.6) is 0 Å². The predicted molar refractivity (Wildman–Crippen MR) is 101 cm³/mol.